The molecule has 0 unspecified atom stereocenters. The molecule has 0 aliphatic carbocycles. The number of benzene rings is 2. The number of aromatic nitrogens is 2. The van der Waals surface area contributed by atoms with Crippen LogP contribution >= 0.6 is 0 Å². The van der Waals surface area contributed by atoms with Crippen LogP contribution in [0.3, 0.4) is 0 Å². The molecule has 0 radical (unpaired) electrons. The number of methoxy groups -OCH3 is 2. The molecule has 35 heavy (non-hydrogen) atoms. The number of pyridine rings is 1. The Bertz CT molecular complexity index is 1510. The molecule has 0 saturated heterocycles. The Labute approximate surface area is 202 Å². The molecule has 0 fully saturated rings. The van der Waals surface area contributed by atoms with Gasteiger partial charge in [-0.15, -0.1) is 0 Å². The molecule has 1 aliphatic heterocycles. The van der Waals surface area contributed by atoms with Gasteiger partial charge in [-0.25, -0.2) is 9.37 Å². The number of allylic oxidation sites excluding steroid dienone is 1. The van der Waals surface area contributed by atoms with E-state index in [-0.39, 0.29) is 12.4 Å². The summed E-state index contributed by atoms with van der Waals surface area (Å²) in [6, 6.07) is 16.6. The topological polar surface area (TPSA) is 68.8 Å². The maximum Gasteiger partial charge on any atom is 0.180 e. The lowest BCUT2D eigenvalue weighted by Crippen LogP contribution is -2.03. The number of rotatable bonds is 5. The molecule has 176 valence electrons. The second kappa shape index (κ2) is 9.24. The average molecular weight is 470 g/mol. The Morgan fingerprint density at radius 3 is 2.77 bits per heavy atom. The van der Waals surface area contributed by atoms with E-state index in [2.05, 4.69) is 12.1 Å². The third kappa shape index (κ3) is 4.02. The molecule has 2 aromatic heterocycles. The summed E-state index contributed by atoms with van der Waals surface area (Å²) in [7, 11) is 3.28. The molecule has 3 heterocycles. The number of hydrogen-bond donors (Lipinski definition) is 0. The molecule has 1 aliphatic rings. The average Bonchev–Trinajstić information content (AvgIpc) is 3.12. The maximum absolute atomic E-state index is 13.9. The van der Waals surface area contributed by atoms with Crippen LogP contribution in [-0.2, 0) is 24.4 Å². The van der Waals surface area contributed by atoms with E-state index >= 15 is 0 Å². The minimum atomic E-state index is -0.377. The van der Waals surface area contributed by atoms with Gasteiger partial charge in [-0.1, -0.05) is 18.2 Å². The first-order valence-corrected chi connectivity index (χ1v) is 11.2. The van der Waals surface area contributed by atoms with Gasteiger partial charge in [-0.3, -0.25) is 0 Å². The fraction of sp³-hybridized carbons (Fsp3) is 0.214. The molecule has 0 amide bonds. The second-order valence-corrected chi connectivity index (χ2v) is 8.42. The van der Waals surface area contributed by atoms with Crippen molar-refractivity contribution in [1.82, 2.24) is 9.38 Å². The van der Waals surface area contributed by atoms with E-state index in [1.54, 1.807) is 27.2 Å². The van der Waals surface area contributed by atoms with Gasteiger partial charge in [0, 0.05) is 42.5 Å². The minimum Gasteiger partial charge on any atom is -0.493 e. The van der Waals surface area contributed by atoms with E-state index in [9.17, 15) is 9.65 Å². The van der Waals surface area contributed by atoms with Gasteiger partial charge in [-0.2, -0.15) is 5.26 Å². The van der Waals surface area contributed by atoms with Crippen molar-refractivity contribution >= 4 is 11.2 Å². The highest BCUT2D eigenvalue weighted by atomic mass is 19.1. The van der Waals surface area contributed by atoms with E-state index < -0.39 is 0 Å². The van der Waals surface area contributed by atoms with Crippen molar-refractivity contribution in [2.75, 3.05) is 14.2 Å². The highest BCUT2D eigenvalue weighted by Crippen LogP contribution is 2.39. The van der Waals surface area contributed by atoms with Crippen LogP contribution in [0, 0.1) is 17.1 Å². The first-order valence-electron chi connectivity index (χ1n) is 11.2. The smallest absolute Gasteiger partial charge is 0.180 e. The van der Waals surface area contributed by atoms with Crippen LogP contribution in [0.25, 0.3) is 11.2 Å². The van der Waals surface area contributed by atoms with Crippen LogP contribution in [0.15, 0.2) is 60.3 Å². The van der Waals surface area contributed by atoms with Crippen molar-refractivity contribution in [3.8, 4) is 17.6 Å². The van der Waals surface area contributed by atoms with Crippen molar-refractivity contribution < 1.29 is 18.6 Å². The summed E-state index contributed by atoms with van der Waals surface area (Å²) in [5.74, 6) is 0.750. The first-order chi connectivity index (χ1) is 17.0. The zero-order chi connectivity index (χ0) is 24.5. The lowest BCUT2D eigenvalue weighted by atomic mass is 9.89. The van der Waals surface area contributed by atoms with Gasteiger partial charge in [0.2, 0.25) is 0 Å². The molecule has 7 heteroatoms. The molecular formula is C28H24FN3O3. The lowest BCUT2D eigenvalue weighted by Gasteiger charge is -2.13. The molecule has 0 spiro atoms. The number of fused-ring (bicyclic) bond motifs is 3. The van der Waals surface area contributed by atoms with Gasteiger partial charge in [-0.05, 0) is 47.9 Å². The fourth-order valence-corrected chi connectivity index (χ4v) is 4.63. The summed E-state index contributed by atoms with van der Waals surface area (Å²) in [6.07, 6.45) is 2.58. The van der Waals surface area contributed by atoms with Crippen LogP contribution in [0.4, 0.5) is 4.39 Å². The summed E-state index contributed by atoms with van der Waals surface area (Å²) in [5, 5.41) is 9.68. The van der Waals surface area contributed by atoms with E-state index in [4.69, 9.17) is 19.2 Å². The molecular weight excluding hydrogens is 445 g/mol. The lowest BCUT2D eigenvalue weighted by molar-refractivity contribution is 0.181. The molecule has 0 atom stereocenters. The summed E-state index contributed by atoms with van der Waals surface area (Å²) >= 11 is 0. The molecule has 2 aromatic carbocycles. The highest BCUT2D eigenvalue weighted by Gasteiger charge is 2.23. The minimum absolute atomic E-state index is 0.272. The van der Waals surface area contributed by atoms with Crippen molar-refractivity contribution in [1.29, 1.82) is 5.26 Å². The van der Waals surface area contributed by atoms with Gasteiger partial charge in [0.1, 0.15) is 18.2 Å². The highest BCUT2D eigenvalue weighted by molar-refractivity contribution is 5.88. The van der Waals surface area contributed by atoms with Gasteiger partial charge < -0.3 is 18.6 Å². The molecule has 6 nitrogen and oxygen atoms in total. The van der Waals surface area contributed by atoms with Crippen molar-refractivity contribution in [3.63, 3.8) is 0 Å². The molecule has 0 N–H and O–H groups in total. The molecule has 0 bridgehead atoms. The number of ether oxygens (including phenoxy) is 3. The fourth-order valence-electron chi connectivity index (χ4n) is 4.63. The van der Waals surface area contributed by atoms with Gasteiger partial charge >= 0.3 is 0 Å². The Morgan fingerprint density at radius 2 is 2.00 bits per heavy atom. The zero-order valence-corrected chi connectivity index (χ0v) is 19.8. The van der Waals surface area contributed by atoms with Gasteiger partial charge in [0.15, 0.2) is 11.4 Å². The van der Waals surface area contributed by atoms with E-state index in [1.807, 2.05) is 34.9 Å². The number of hydrogen-bond acceptors (Lipinski definition) is 5. The number of halogens is 1. The predicted molar refractivity (Wildman–Crippen MR) is 130 cm³/mol. The molecule has 5 rings (SSSR count). The zero-order valence-electron chi connectivity index (χ0n) is 19.8. The monoisotopic (exact) mass is 469 g/mol. The summed E-state index contributed by atoms with van der Waals surface area (Å²) < 4.78 is 32.9. The van der Waals surface area contributed by atoms with E-state index in [0.717, 1.165) is 39.3 Å². The number of nitrogens with zero attached hydrogens (tertiary/aromatic N) is 3. The quantitative estimate of drug-likeness (QED) is 0.363. The first kappa shape index (κ1) is 22.6. The molecule has 4 aromatic rings. The van der Waals surface area contributed by atoms with E-state index in [0.29, 0.717) is 35.7 Å². The third-order valence-electron chi connectivity index (χ3n) is 6.25. The van der Waals surface area contributed by atoms with Crippen LogP contribution < -0.4 is 9.47 Å². The van der Waals surface area contributed by atoms with Gasteiger partial charge in [0.05, 0.1) is 31.2 Å². The van der Waals surface area contributed by atoms with Crippen LogP contribution in [0.2, 0.25) is 0 Å². The summed E-state index contributed by atoms with van der Waals surface area (Å²) in [4.78, 5) is 4.76. The Hall–Kier alpha value is -4.15. The SMILES string of the molecule is COCc1nc2c(OC)cccn2c1Cc1ccc2c(c1)COc1cc(F)ccc1C2=C(C)C#N. The van der Waals surface area contributed by atoms with Gasteiger partial charge in [0.25, 0.3) is 0 Å². The van der Waals surface area contributed by atoms with Crippen molar-refractivity contribution in [2.45, 2.75) is 26.6 Å². The molecule has 0 saturated carbocycles. The normalized spacial score (nSPS) is 13.9. The standard InChI is InChI=1S/C28H24FN3O3/c1-17(14-30)27-21-8-6-18(11-19(21)15-35-26-13-20(29)7-9-22(26)27)12-24-23(16-33-2)31-28-25(34-3)5-4-10-32(24)28/h4-11,13H,12,15-16H2,1-3H3. The Balaban J connectivity index is 1.60. The predicted octanol–water partition coefficient (Wildman–Crippen LogP) is 5.46. The van der Waals surface area contributed by atoms with Crippen LogP contribution in [0.1, 0.15) is 40.6 Å². The number of imidazole rings is 1. The summed E-state index contributed by atoms with van der Waals surface area (Å²) in [6.45, 7) is 2.42. The third-order valence-corrected chi connectivity index (χ3v) is 6.25. The van der Waals surface area contributed by atoms with Crippen molar-refractivity contribution in [3.05, 3.63) is 99.8 Å². The number of nitriles is 1. The largest absolute Gasteiger partial charge is 0.493 e. The Kier molecular flexibility index (Phi) is 5.98. The maximum atomic E-state index is 13.9. The van der Waals surface area contributed by atoms with E-state index in [1.165, 1.54) is 12.1 Å². The van der Waals surface area contributed by atoms with Crippen molar-refractivity contribution in [2.24, 2.45) is 0 Å². The Morgan fingerprint density at radius 1 is 1.17 bits per heavy atom. The second-order valence-electron chi connectivity index (χ2n) is 8.42. The summed E-state index contributed by atoms with van der Waals surface area (Å²) in [5.41, 5.74) is 7.51. The van der Waals surface area contributed by atoms with Crippen LogP contribution in [-0.4, -0.2) is 23.6 Å². The van der Waals surface area contributed by atoms with Crippen LogP contribution in [0.5, 0.6) is 11.5 Å².